The van der Waals surface area contributed by atoms with Gasteiger partial charge in [0.15, 0.2) is 11.5 Å². The number of nitrogens with zero attached hydrogens (tertiary/aromatic N) is 2. The van der Waals surface area contributed by atoms with Crippen molar-refractivity contribution in [2.45, 2.75) is 6.92 Å². The standard InChI is InChI=1S/C20H18ClN3O4S/c1-3-28-15-10-12(9-14(21)17(15)25)11-22-24-20-23-16(13-7-5-4-6-8-13)18(29-20)19(26)27-2/h4-11,25H,3H2,1-2H3,(H,23,24)/b22-11-. The van der Waals surface area contributed by atoms with Crippen LogP contribution in [0.2, 0.25) is 5.02 Å². The van der Waals surface area contributed by atoms with Crippen LogP contribution in [0.25, 0.3) is 11.3 Å². The van der Waals surface area contributed by atoms with Crippen molar-refractivity contribution in [1.82, 2.24) is 4.98 Å². The van der Waals surface area contributed by atoms with Crippen molar-refractivity contribution in [3.05, 3.63) is 57.9 Å². The molecule has 0 amide bonds. The van der Waals surface area contributed by atoms with Gasteiger partial charge in [0, 0.05) is 5.56 Å². The molecule has 0 spiro atoms. The minimum atomic E-state index is -0.468. The summed E-state index contributed by atoms with van der Waals surface area (Å²) in [6.45, 7) is 2.20. The van der Waals surface area contributed by atoms with Gasteiger partial charge in [-0.05, 0) is 24.6 Å². The Kier molecular flexibility index (Phi) is 6.69. The van der Waals surface area contributed by atoms with Crippen molar-refractivity contribution in [3.63, 3.8) is 0 Å². The minimum Gasteiger partial charge on any atom is -0.503 e. The van der Waals surface area contributed by atoms with Crippen LogP contribution < -0.4 is 10.2 Å². The highest BCUT2D eigenvalue weighted by Crippen LogP contribution is 2.35. The van der Waals surface area contributed by atoms with E-state index in [4.69, 9.17) is 21.1 Å². The fourth-order valence-electron chi connectivity index (χ4n) is 2.49. The molecule has 29 heavy (non-hydrogen) atoms. The van der Waals surface area contributed by atoms with Gasteiger partial charge in [0.25, 0.3) is 0 Å². The molecule has 0 bridgehead atoms. The number of carbonyl (C=O) groups is 1. The van der Waals surface area contributed by atoms with E-state index in [1.807, 2.05) is 30.3 Å². The second kappa shape index (κ2) is 9.40. The lowest BCUT2D eigenvalue weighted by Gasteiger charge is -2.08. The van der Waals surface area contributed by atoms with Crippen LogP contribution in [0.1, 0.15) is 22.2 Å². The average molecular weight is 432 g/mol. The maximum Gasteiger partial charge on any atom is 0.350 e. The number of aromatic nitrogens is 1. The van der Waals surface area contributed by atoms with Crippen LogP contribution in [0, 0.1) is 0 Å². The summed E-state index contributed by atoms with van der Waals surface area (Å²) in [5.74, 6) is -0.311. The van der Waals surface area contributed by atoms with E-state index < -0.39 is 5.97 Å². The second-order valence-electron chi connectivity index (χ2n) is 5.71. The molecule has 0 saturated heterocycles. The van der Waals surface area contributed by atoms with E-state index in [0.717, 1.165) is 16.9 Å². The first-order valence-electron chi connectivity index (χ1n) is 8.62. The molecule has 1 heterocycles. The molecule has 0 atom stereocenters. The number of methoxy groups -OCH3 is 1. The Morgan fingerprint density at radius 1 is 1.34 bits per heavy atom. The normalized spacial score (nSPS) is 10.9. The number of esters is 1. The Labute approximate surface area is 176 Å². The van der Waals surface area contributed by atoms with Gasteiger partial charge in [0.05, 0.1) is 30.6 Å². The molecular weight excluding hydrogens is 414 g/mol. The Hall–Kier alpha value is -3.10. The first kappa shape index (κ1) is 20.6. The van der Waals surface area contributed by atoms with Gasteiger partial charge in [-0.15, -0.1) is 0 Å². The molecule has 0 aliphatic rings. The van der Waals surface area contributed by atoms with Crippen molar-refractivity contribution >= 4 is 40.3 Å². The Bertz CT molecular complexity index is 1040. The van der Waals surface area contributed by atoms with E-state index in [1.165, 1.54) is 13.3 Å². The van der Waals surface area contributed by atoms with E-state index in [9.17, 15) is 9.90 Å². The number of hydrazone groups is 1. The van der Waals surface area contributed by atoms with Crippen LogP contribution in [-0.2, 0) is 4.74 Å². The van der Waals surface area contributed by atoms with Crippen LogP contribution >= 0.6 is 22.9 Å². The van der Waals surface area contributed by atoms with Gasteiger partial charge in [-0.2, -0.15) is 5.10 Å². The van der Waals surface area contributed by atoms with Crippen molar-refractivity contribution in [3.8, 4) is 22.8 Å². The molecular formula is C20H18ClN3O4S. The van der Waals surface area contributed by atoms with Crippen LogP contribution in [-0.4, -0.2) is 36.0 Å². The highest BCUT2D eigenvalue weighted by Gasteiger charge is 2.20. The number of aromatic hydroxyl groups is 1. The molecule has 0 saturated carbocycles. The topological polar surface area (TPSA) is 93.0 Å². The lowest BCUT2D eigenvalue weighted by molar-refractivity contribution is 0.0607. The minimum absolute atomic E-state index is 0.117. The third-order valence-electron chi connectivity index (χ3n) is 3.77. The number of hydrogen-bond donors (Lipinski definition) is 2. The third-order valence-corrected chi connectivity index (χ3v) is 5.00. The van der Waals surface area contributed by atoms with E-state index in [2.05, 4.69) is 15.5 Å². The molecule has 1 aromatic heterocycles. The molecule has 2 N–H and O–H groups in total. The molecule has 150 valence electrons. The Balaban J connectivity index is 1.84. The molecule has 3 aromatic rings. The average Bonchev–Trinajstić information content (AvgIpc) is 3.16. The number of carbonyl (C=O) groups excluding carboxylic acids is 1. The summed E-state index contributed by atoms with van der Waals surface area (Å²) >= 11 is 7.16. The SMILES string of the molecule is CCOc1cc(/C=N\Nc2nc(-c3ccccc3)c(C(=O)OC)s2)cc(Cl)c1O. The summed E-state index contributed by atoms with van der Waals surface area (Å²) in [5.41, 5.74) is 4.75. The van der Waals surface area contributed by atoms with Gasteiger partial charge in [0.1, 0.15) is 4.88 Å². The summed E-state index contributed by atoms with van der Waals surface area (Å²) in [6.07, 6.45) is 1.51. The van der Waals surface area contributed by atoms with E-state index in [1.54, 1.807) is 19.1 Å². The number of benzene rings is 2. The summed E-state index contributed by atoms with van der Waals surface area (Å²) in [7, 11) is 1.33. The predicted molar refractivity (Wildman–Crippen MR) is 114 cm³/mol. The van der Waals surface area contributed by atoms with Crippen molar-refractivity contribution in [2.75, 3.05) is 19.1 Å². The van der Waals surface area contributed by atoms with Crippen molar-refractivity contribution in [2.24, 2.45) is 5.10 Å². The first-order chi connectivity index (χ1) is 14.0. The maximum atomic E-state index is 12.1. The molecule has 0 aliphatic heterocycles. The Morgan fingerprint density at radius 2 is 2.10 bits per heavy atom. The molecule has 0 aliphatic carbocycles. The van der Waals surface area contributed by atoms with Gasteiger partial charge in [-0.1, -0.05) is 53.3 Å². The monoisotopic (exact) mass is 431 g/mol. The summed E-state index contributed by atoms with van der Waals surface area (Å²) in [6, 6.07) is 12.5. The highest BCUT2D eigenvalue weighted by atomic mass is 35.5. The zero-order valence-corrected chi connectivity index (χ0v) is 17.3. The molecule has 2 aromatic carbocycles. The Morgan fingerprint density at radius 3 is 2.79 bits per heavy atom. The van der Waals surface area contributed by atoms with Crippen molar-refractivity contribution < 1.29 is 19.4 Å². The highest BCUT2D eigenvalue weighted by molar-refractivity contribution is 7.17. The number of halogens is 1. The number of phenolic OH excluding ortho intramolecular Hbond substituents is 1. The smallest absolute Gasteiger partial charge is 0.350 e. The number of nitrogens with one attached hydrogen (secondary N) is 1. The number of anilines is 1. The van der Waals surface area contributed by atoms with E-state index in [-0.39, 0.29) is 16.5 Å². The van der Waals surface area contributed by atoms with E-state index in [0.29, 0.717) is 27.9 Å². The quantitative estimate of drug-likeness (QED) is 0.317. The van der Waals surface area contributed by atoms with Gasteiger partial charge < -0.3 is 14.6 Å². The predicted octanol–water partition coefficient (Wildman–Crippen LogP) is 4.80. The molecule has 0 unspecified atom stereocenters. The van der Waals surface area contributed by atoms with Crippen LogP contribution in [0.15, 0.2) is 47.6 Å². The van der Waals surface area contributed by atoms with Gasteiger partial charge in [0.2, 0.25) is 5.13 Å². The van der Waals surface area contributed by atoms with Crippen LogP contribution in [0.3, 0.4) is 0 Å². The molecule has 3 rings (SSSR count). The lowest BCUT2D eigenvalue weighted by Crippen LogP contribution is -2.00. The van der Waals surface area contributed by atoms with Crippen molar-refractivity contribution in [1.29, 1.82) is 0 Å². The third kappa shape index (κ3) is 4.85. The zero-order valence-electron chi connectivity index (χ0n) is 15.7. The zero-order chi connectivity index (χ0) is 20.8. The van der Waals surface area contributed by atoms with Gasteiger partial charge >= 0.3 is 5.97 Å². The van der Waals surface area contributed by atoms with Crippen LogP contribution in [0.5, 0.6) is 11.5 Å². The summed E-state index contributed by atoms with van der Waals surface area (Å²) in [4.78, 5) is 17.0. The fraction of sp³-hybridized carbons (Fsp3) is 0.150. The summed E-state index contributed by atoms with van der Waals surface area (Å²) < 4.78 is 10.2. The number of ether oxygens (including phenoxy) is 2. The van der Waals surface area contributed by atoms with Gasteiger partial charge in [-0.25, -0.2) is 9.78 Å². The fourth-order valence-corrected chi connectivity index (χ4v) is 3.56. The molecule has 0 radical (unpaired) electrons. The van der Waals surface area contributed by atoms with Gasteiger partial charge in [-0.3, -0.25) is 5.43 Å². The number of phenols is 1. The first-order valence-corrected chi connectivity index (χ1v) is 9.81. The van der Waals surface area contributed by atoms with Crippen LogP contribution in [0.4, 0.5) is 5.13 Å². The van der Waals surface area contributed by atoms with E-state index >= 15 is 0 Å². The number of thiazole rings is 1. The summed E-state index contributed by atoms with van der Waals surface area (Å²) in [5, 5.41) is 14.6. The molecule has 9 heteroatoms. The maximum absolute atomic E-state index is 12.1. The molecule has 7 nitrogen and oxygen atoms in total. The lowest BCUT2D eigenvalue weighted by atomic mass is 10.1. The molecule has 0 fully saturated rings. The largest absolute Gasteiger partial charge is 0.503 e. The number of rotatable bonds is 7. The number of hydrogen-bond acceptors (Lipinski definition) is 8. The second-order valence-corrected chi connectivity index (χ2v) is 7.11.